The van der Waals surface area contributed by atoms with E-state index in [1.165, 1.54) is 6.07 Å². The van der Waals surface area contributed by atoms with Gasteiger partial charge in [-0.1, -0.05) is 0 Å². The Labute approximate surface area is 110 Å². The third-order valence-corrected chi connectivity index (χ3v) is 2.65. The molecule has 1 aromatic carbocycles. The van der Waals surface area contributed by atoms with Crippen molar-refractivity contribution in [3.63, 3.8) is 0 Å². The predicted octanol–water partition coefficient (Wildman–Crippen LogP) is 2.50. The molecule has 0 unspecified atom stereocenters. The van der Waals surface area contributed by atoms with E-state index >= 15 is 0 Å². The first-order valence-corrected chi connectivity index (χ1v) is 5.32. The monoisotopic (exact) mass is 287 g/mol. The Bertz CT molecular complexity index is 690. The number of fused-ring (bicyclic) bond motifs is 1. The number of carbonyl (C=O) groups excluding carboxylic acids is 1. The van der Waals surface area contributed by atoms with E-state index in [1.807, 2.05) is 0 Å². The van der Waals surface area contributed by atoms with Gasteiger partial charge in [0.25, 0.3) is 0 Å². The molecule has 2 rings (SSSR count). The number of anilines is 1. The number of hydrogen-bond acceptors (Lipinski definition) is 3. The molecule has 1 heterocycles. The molecule has 1 aromatic heterocycles. The predicted molar refractivity (Wildman–Crippen MR) is 62.3 cm³/mol. The Morgan fingerprint density at radius 2 is 1.90 bits per heavy atom. The summed E-state index contributed by atoms with van der Waals surface area (Å²) in [5, 5.41) is 8.68. The fourth-order valence-corrected chi connectivity index (χ4v) is 1.61. The van der Waals surface area contributed by atoms with Crippen molar-refractivity contribution in [1.29, 1.82) is 0 Å². The Morgan fingerprint density at radius 3 is 2.45 bits per heavy atom. The highest BCUT2D eigenvalue weighted by Crippen LogP contribution is 2.33. The van der Waals surface area contributed by atoms with Crippen molar-refractivity contribution >= 4 is 28.7 Å². The number of hydrogen-bond donors (Lipinski definition) is 1. The number of nitrogens with zero attached hydrogens (tertiary/aromatic N) is 1. The largest absolute Gasteiger partial charge is 0.474 e. The first-order valence-electron chi connectivity index (χ1n) is 5.32. The molecule has 20 heavy (non-hydrogen) atoms. The topological polar surface area (TPSA) is 70.8 Å². The van der Waals surface area contributed by atoms with Crippen LogP contribution in [-0.4, -0.2) is 24.0 Å². The smallest absolute Gasteiger partial charge is 0.416 e. The summed E-state index contributed by atoms with van der Waals surface area (Å²) in [5.74, 6) is -3.09. The number of benzene rings is 1. The normalized spacial score (nSPS) is 11.6. The molecule has 0 bridgehead atoms. The maximum absolute atomic E-state index is 12.5. The van der Waals surface area contributed by atoms with Crippen molar-refractivity contribution in [3.8, 4) is 0 Å². The molecule has 8 heteroatoms. The summed E-state index contributed by atoms with van der Waals surface area (Å²) in [4.78, 5) is 22.5. The van der Waals surface area contributed by atoms with Crippen LogP contribution >= 0.6 is 0 Å². The van der Waals surface area contributed by atoms with Crippen LogP contribution in [0.5, 0.6) is 0 Å². The van der Waals surface area contributed by atoms with Gasteiger partial charge in [-0.15, -0.1) is 0 Å². The Balaban J connectivity index is 2.44. The second kappa shape index (κ2) is 4.55. The van der Waals surface area contributed by atoms with Gasteiger partial charge in [-0.3, -0.25) is 9.69 Å². The van der Waals surface area contributed by atoms with Crippen molar-refractivity contribution in [2.24, 2.45) is 0 Å². The van der Waals surface area contributed by atoms with E-state index in [0.29, 0.717) is 4.90 Å². The minimum absolute atomic E-state index is 0.123. The van der Waals surface area contributed by atoms with Crippen LogP contribution in [0.2, 0.25) is 0 Å². The zero-order chi connectivity index (χ0) is 15.1. The molecule has 0 fully saturated rings. The van der Waals surface area contributed by atoms with Gasteiger partial charge >= 0.3 is 18.1 Å². The number of aliphatic carboxylic acids is 1. The molecule has 0 saturated carbocycles. The first kappa shape index (κ1) is 13.9. The molecule has 5 nitrogen and oxygen atoms in total. The summed E-state index contributed by atoms with van der Waals surface area (Å²) in [6.45, 7) is 0. The van der Waals surface area contributed by atoms with Gasteiger partial charge in [0.2, 0.25) is 5.88 Å². The van der Waals surface area contributed by atoms with Gasteiger partial charge in [-0.05, 0) is 18.2 Å². The minimum Gasteiger partial charge on any atom is -0.474 e. The molecule has 106 valence electrons. The van der Waals surface area contributed by atoms with Gasteiger partial charge in [0, 0.05) is 18.5 Å². The molecule has 0 aliphatic carbocycles. The highest BCUT2D eigenvalue weighted by molar-refractivity contribution is 6.37. The fourth-order valence-electron chi connectivity index (χ4n) is 1.61. The van der Waals surface area contributed by atoms with Crippen LogP contribution in [0.25, 0.3) is 11.0 Å². The lowest BCUT2D eigenvalue weighted by molar-refractivity contribution is -0.148. The van der Waals surface area contributed by atoms with Crippen LogP contribution in [0.4, 0.5) is 19.1 Å². The number of furan rings is 1. The molecule has 0 radical (unpaired) electrons. The molecule has 0 spiro atoms. The number of amides is 1. The van der Waals surface area contributed by atoms with Crippen molar-refractivity contribution in [1.82, 2.24) is 0 Å². The lowest BCUT2D eigenvalue weighted by Crippen LogP contribution is -2.32. The van der Waals surface area contributed by atoms with E-state index in [1.54, 1.807) is 0 Å². The van der Waals surface area contributed by atoms with Gasteiger partial charge < -0.3 is 9.52 Å². The molecule has 1 N–H and O–H groups in total. The van der Waals surface area contributed by atoms with Crippen molar-refractivity contribution < 1.29 is 32.3 Å². The summed E-state index contributed by atoms with van der Waals surface area (Å²) in [5.41, 5.74) is -0.734. The second-order valence-electron chi connectivity index (χ2n) is 4.00. The van der Waals surface area contributed by atoms with E-state index in [4.69, 9.17) is 9.52 Å². The summed E-state index contributed by atoms with van der Waals surface area (Å²) < 4.78 is 42.8. The van der Waals surface area contributed by atoms with Gasteiger partial charge in [0.1, 0.15) is 5.58 Å². The number of likely N-dealkylation sites (N-methyl/N-ethyl adjacent to an activating group) is 1. The molecule has 0 aliphatic heterocycles. The lowest BCUT2D eigenvalue weighted by atomic mass is 10.1. The van der Waals surface area contributed by atoms with Gasteiger partial charge in [-0.25, -0.2) is 4.79 Å². The third kappa shape index (κ3) is 2.44. The Morgan fingerprint density at radius 1 is 1.25 bits per heavy atom. The number of halogens is 3. The Hall–Kier alpha value is -2.51. The standard InChI is InChI=1S/C12H8F3NO4/c1-16(10(17)11(18)19)9-5-6-4-7(12(13,14)15)2-3-8(6)20-9/h2-5H,1H3,(H,18,19). The minimum atomic E-state index is -4.49. The van der Waals surface area contributed by atoms with Crippen molar-refractivity contribution in [3.05, 3.63) is 29.8 Å². The number of rotatable bonds is 1. The summed E-state index contributed by atoms with van der Waals surface area (Å²) in [6.07, 6.45) is -4.49. The fraction of sp³-hybridized carbons (Fsp3) is 0.167. The average molecular weight is 287 g/mol. The first-order chi connectivity index (χ1) is 9.20. The SMILES string of the molecule is CN(C(=O)C(=O)O)c1cc2cc(C(F)(F)F)ccc2o1. The van der Waals surface area contributed by atoms with E-state index < -0.39 is 23.6 Å². The number of carbonyl (C=O) groups is 2. The van der Waals surface area contributed by atoms with Crippen molar-refractivity contribution in [2.75, 3.05) is 11.9 Å². The quantitative estimate of drug-likeness (QED) is 0.818. The van der Waals surface area contributed by atoms with E-state index in [-0.39, 0.29) is 16.9 Å². The van der Waals surface area contributed by atoms with Crippen molar-refractivity contribution in [2.45, 2.75) is 6.18 Å². The molecule has 2 aromatic rings. The van der Waals surface area contributed by atoms with Crippen LogP contribution in [0, 0.1) is 0 Å². The second-order valence-corrected chi connectivity index (χ2v) is 4.00. The van der Waals surface area contributed by atoms with Gasteiger partial charge in [0.15, 0.2) is 0 Å². The van der Waals surface area contributed by atoms with Crippen LogP contribution < -0.4 is 4.90 Å². The molecule has 0 atom stereocenters. The third-order valence-electron chi connectivity index (χ3n) is 2.65. The summed E-state index contributed by atoms with van der Waals surface area (Å²) in [6, 6.07) is 3.99. The van der Waals surface area contributed by atoms with E-state index in [0.717, 1.165) is 25.2 Å². The van der Waals surface area contributed by atoms with E-state index in [2.05, 4.69) is 0 Å². The summed E-state index contributed by atoms with van der Waals surface area (Å²) in [7, 11) is 1.15. The van der Waals surface area contributed by atoms with Crippen LogP contribution in [-0.2, 0) is 15.8 Å². The lowest BCUT2D eigenvalue weighted by Gasteiger charge is -2.09. The number of carboxylic acids is 1. The van der Waals surface area contributed by atoms with Crippen LogP contribution in [0.15, 0.2) is 28.7 Å². The molecular weight excluding hydrogens is 279 g/mol. The number of carboxylic acid groups (broad SMARTS) is 1. The highest BCUT2D eigenvalue weighted by atomic mass is 19.4. The number of alkyl halides is 3. The van der Waals surface area contributed by atoms with Gasteiger partial charge in [0.05, 0.1) is 5.56 Å². The maximum Gasteiger partial charge on any atom is 0.416 e. The van der Waals surface area contributed by atoms with Gasteiger partial charge in [-0.2, -0.15) is 13.2 Å². The average Bonchev–Trinajstić information content (AvgIpc) is 2.78. The van der Waals surface area contributed by atoms with Crippen LogP contribution in [0.1, 0.15) is 5.56 Å². The summed E-state index contributed by atoms with van der Waals surface area (Å²) >= 11 is 0. The molecule has 0 saturated heterocycles. The zero-order valence-electron chi connectivity index (χ0n) is 10.1. The van der Waals surface area contributed by atoms with E-state index in [9.17, 15) is 22.8 Å². The molecule has 1 amide bonds. The highest BCUT2D eigenvalue weighted by Gasteiger charge is 2.31. The molecular formula is C12H8F3NO4. The van der Waals surface area contributed by atoms with Crippen LogP contribution in [0.3, 0.4) is 0 Å². The Kier molecular flexibility index (Phi) is 3.16. The maximum atomic E-state index is 12.5. The molecule has 0 aliphatic rings. The zero-order valence-corrected chi connectivity index (χ0v) is 10.1.